The predicted molar refractivity (Wildman–Crippen MR) is 151 cm³/mol. The van der Waals surface area contributed by atoms with Gasteiger partial charge in [0.2, 0.25) is 5.91 Å². The van der Waals surface area contributed by atoms with Crippen LogP contribution in [0.4, 0.5) is 15.2 Å². The summed E-state index contributed by atoms with van der Waals surface area (Å²) >= 11 is 8.00. The fourth-order valence-corrected chi connectivity index (χ4v) is 6.43. The summed E-state index contributed by atoms with van der Waals surface area (Å²) in [4.78, 5) is 36.1. The minimum absolute atomic E-state index is 0.0539. The Hall–Kier alpha value is -4.09. The number of fused-ring (bicyclic) bond motifs is 3. The largest absolute Gasteiger partial charge is 0.334 e. The van der Waals surface area contributed by atoms with Gasteiger partial charge in [-0.05, 0) is 48.6 Å². The molecule has 0 fully saturated rings. The van der Waals surface area contributed by atoms with Crippen LogP contribution in [0.3, 0.4) is 0 Å². The number of nitrogens with one attached hydrogen (secondary N) is 1. The predicted octanol–water partition coefficient (Wildman–Crippen LogP) is 5.23. The van der Waals surface area contributed by atoms with Gasteiger partial charge in [0.15, 0.2) is 17.0 Å². The van der Waals surface area contributed by atoms with Crippen molar-refractivity contribution in [2.75, 3.05) is 17.3 Å². The fourth-order valence-electron chi connectivity index (χ4n) is 5.65. The van der Waals surface area contributed by atoms with Gasteiger partial charge in [-0.2, -0.15) is 5.10 Å². The van der Waals surface area contributed by atoms with E-state index >= 15 is 4.39 Å². The number of hydrogen-bond donors (Lipinski definition) is 1. The molecule has 2 aliphatic heterocycles. The van der Waals surface area contributed by atoms with Crippen molar-refractivity contribution in [3.8, 4) is 11.1 Å². The summed E-state index contributed by atoms with van der Waals surface area (Å²) in [7, 11) is 1.74. The number of nitrogens with zero attached hydrogens (tertiary/aromatic N) is 6. The number of halogens is 2. The highest BCUT2D eigenvalue weighted by molar-refractivity contribution is 7.13. The van der Waals surface area contributed by atoms with Crippen LogP contribution in [0.15, 0.2) is 48.4 Å². The Kier molecular flexibility index (Phi) is 5.93. The van der Waals surface area contributed by atoms with E-state index in [9.17, 15) is 9.59 Å². The van der Waals surface area contributed by atoms with Gasteiger partial charge >= 0.3 is 0 Å². The summed E-state index contributed by atoms with van der Waals surface area (Å²) in [6.07, 6.45) is 7.68. The molecule has 9 nitrogen and oxygen atoms in total. The van der Waals surface area contributed by atoms with Gasteiger partial charge in [-0.3, -0.25) is 19.6 Å². The third kappa shape index (κ3) is 3.99. The summed E-state index contributed by atoms with van der Waals surface area (Å²) in [5.74, 6) is -0.855. The van der Waals surface area contributed by atoms with Crippen molar-refractivity contribution in [3.05, 3.63) is 76.2 Å². The Bertz CT molecular complexity index is 1810. The van der Waals surface area contributed by atoms with Crippen LogP contribution in [0, 0.1) is 5.82 Å². The standard InChI is InChI=1S/C28H23ClFN7O2S/c1-35-20-6-4-15(11-16(20)5-7-22(35)38)17-12-19(29)18-13-37(34-24(18)23(17)30)26(27(39)33-28-31-8-10-40-28)25-21-3-2-9-36(21)14-32-25/h4,6,8,10-14,26H,2-3,5,7,9H2,1H3,(H,31,33,39). The van der Waals surface area contributed by atoms with E-state index in [1.807, 2.05) is 16.7 Å². The van der Waals surface area contributed by atoms with Gasteiger partial charge < -0.3 is 9.47 Å². The molecule has 40 heavy (non-hydrogen) atoms. The molecule has 2 aliphatic rings. The van der Waals surface area contributed by atoms with Crippen LogP contribution in [-0.4, -0.2) is 43.2 Å². The van der Waals surface area contributed by atoms with E-state index in [-0.39, 0.29) is 17.3 Å². The summed E-state index contributed by atoms with van der Waals surface area (Å²) in [6, 6.07) is 6.15. The number of benzene rings is 2. The molecular weight excluding hydrogens is 553 g/mol. The lowest BCUT2D eigenvalue weighted by atomic mass is 9.95. The number of thiazole rings is 1. The molecule has 1 unspecified atom stereocenters. The highest BCUT2D eigenvalue weighted by Gasteiger charge is 2.32. The summed E-state index contributed by atoms with van der Waals surface area (Å²) in [5.41, 5.74) is 4.33. The molecule has 1 atom stereocenters. The molecule has 2 aromatic carbocycles. The van der Waals surface area contributed by atoms with Gasteiger partial charge in [-0.25, -0.2) is 14.4 Å². The molecule has 0 saturated heterocycles. The number of carbonyl (C=O) groups excluding carboxylic acids is 2. The van der Waals surface area contributed by atoms with Gasteiger partial charge in [0.1, 0.15) is 5.52 Å². The molecule has 2 amide bonds. The molecule has 0 radical (unpaired) electrons. The van der Waals surface area contributed by atoms with Crippen LogP contribution in [0.1, 0.15) is 35.8 Å². The normalized spacial score (nSPS) is 15.4. The third-order valence-electron chi connectivity index (χ3n) is 7.66. The molecule has 0 aliphatic carbocycles. The lowest BCUT2D eigenvalue weighted by molar-refractivity contribution is -0.119. The van der Waals surface area contributed by atoms with Crippen molar-refractivity contribution in [2.24, 2.45) is 0 Å². The number of carbonyl (C=O) groups is 2. The topological polar surface area (TPSA) is 97.9 Å². The summed E-state index contributed by atoms with van der Waals surface area (Å²) in [6.45, 7) is 0.832. The van der Waals surface area contributed by atoms with Crippen LogP contribution < -0.4 is 10.2 Å². The van der Waals surface area contributed by atoms with Crippen molar-refractivity contribution < 1.29 is 14.0 Å². The van der Waals surface area contributed by atoms with Crippen molar-refractivity contribution in [1.82, 2.24) is 24.3 Å². The maximum atomic E-state index is 16.1. The zero-order valence-corrected chi connectivity index (χ0v) is 23.0. The van der Waals surface area contributed by atoms with E-state index in [0.29, 0.717) is 45.2 Å². The number of hydrogen-bond acceptors (Lipinski definition) is 6. The number of aryl methyl sites for hydroxylation is 2. The van der Waals surface area contributed by atoms with Crippen LogP contribution in [0.2, 0.25) is 5.02 Å². The Labute approximate surface area is 237 Å². The Morgan fingerprint density at radius 1 is 1.20 bits per heavy atom. The number of rotatable bonds is 5. The van der Waals surface area contributed by atoms with E-state index < -0.39 is 11.9 Å². The Morgan fingerprint density at radius 3 is 2.90 bits per heavy atom. The van der Waals surface area contributed by atoms with Gasteiger partial charge in [0.25, 0.3) is 5.91 Å². The lowest BCUT2D eigenvalue weighted by Crippen LogP contribution is -2.30. The monoisotopic (exact) mass is 575 g/mol. The second-order valence-electron chi connectivity index (χ2n) is 9.99. The minimum atomic E-state index is -0.943. The van der Waals surface area contributed by atoms with E-state index in [0.717, 1.165) is 36.3 Å². The molecule has 1 N–H and O–H groups in total. The van der Waals surface area contributed by atoms with Crippen LogP contribution >= 0.6 is 22.9 Å². The maximum Gasteiger partial charge on any atom is 0.257 e. The third-order valence-corrected chi connectivity index (χ3v) is 8.67. The van der Waals surface area contributed by atoms with Crippen molar-refractivity contribution in [1.29, 1.82) is 0 Å². The second kappa shape index (κ2) is 9.53. The zero-order chi connectivity index (χ0) is 27.5. The molecule has 202 valence electrons. The quantitative estimate of drug-likeness (QED) is 0.309. The molecule has 12 heteroatoms. The SMILES string of the molecule is CN1C(=O)CCc2cc(-c3cc(Cl)c4cn(C(C(=O)Nc5nccs5)c5ncn6c5CCC6)nc4c3F)ccc21. The molecular formula is C28H23ClFN7O2S. The number of imidazole rings is 1. The first kappa shape index (κ1) is 24.9. The minimum Gasteiger partial charge on any atom is -0.334 e. The van der Waals surface area contributed by atoms with Crippen molar-refractivity contribution >= 4 is 56.5 Å². The van der Waals surface area contributed by atoms with Crippen LogP contribution in [0.5, 0.6) is 0 Å². The zero-order valence-electron chi connectivity index (χ0n) is 21.4. The average Bonchev–Trinajstić information content (AvgIpc) is 3.75. The Morgan fingerprint density at radius 2 is 2.08 bits per heavy atom. The number of anilines is 2. The van der Waals surface area contributed by atoms with Crippen LogP contribution in [0.25, 0.3) is 22.0 Å². The Balaban J connectivity index is 1.33. The first-order chi connectivity index (χ1) is 19.4. The van der Waals surface area contributed by atoms with E-state index in [1.54, 1.807) is 48.2 Å². The van der Waals surface area contributed by atoms with Gasteiger partial charge in [-0.1, -0.05) is 17.7 Å². The molecule has 0 saturated carbocycles. The lowest BCUT2D eigenvalue weighted by Gasteiger charge is -2.26. The molecule has 5 heterocycles. The highest BCUT2D eigenvalue weighted by Crippen LogP contribution is 2.38. The molecule has 7 rings (SSSR count). The summed E-state index contributed by atoms with van der Waals surface area (Å²) in [5, 5.41) is 10.4. The van der Waals surface area contributed by atoms with Gasteiger partial charge in [-0.15, -0.1) is 11.3 Å². The van der Waals surface area contributed by atoms with E-state index in [1.165, 1.54) is 16.0 Å². The molecule has 5 aromatic rings. The van der Waals surface area contributed by atoms with E-state index in [4.69, 9.17) is 11.6 Å². The first-order valence-electron chi connectivity index (χ1n) is 12.9. The highest BCUT2D eigenvalue weighted by atomic mass is 35.5. The second-order valence-corrected chi connectivity index (χ2v) is 11.3. The van der Waals surface area contributed by atoms with Crippen molar-refractivity contribution in [3.63, 3.8) is 0 Å². The molecule has 0 spiro atoms. The maximum absolute atomic E-state index is 16.1. The number of aromatic nitrogens is 5. The summed E-state index contributed by atoms with van der Waals surface area (Å²) < 4.78 is 19.6. The first-order valence-corrected chi connectivity index (χ1v) is 14.2. The van der Waals surface area contributed by atoms with Crippen molar-refractivity contribution in [2.45, 2.75) is 38.3 Å². The smallest absolute Gasteiger partial charge is 0.257 e. The van der Waals surface area contributed by atoms with E-state index in [2.05, 4.69) is 20.4 Å². The fraction of sp³-hybridized carbons (Fsp3) is 0.250. The molecule has 3 aromatic heterocycles. The number of amides is 2. The van der Waals surface area contributed by atoms with Gasteiger partial charge in [0.05, 0.1) is 17.0 Å². The van der Waals surface area contributed by atoms with Gasteiger partial charge in [0, 0.05) is 60.1 Å². The molecule has 0 bridgehead atoms. The van der Waals surface area contributed by atoms with Crippen LogP contribution in [-0.2, 0) is 29.0 Å². The average molecular weight is 576 g/mol.